The third-order valence-corrected chi connectivity index (χ3v) is 3.32. The molecule has 1 fully saturated rings. The lowest BCUT2D eigenvalue weighted by atomic mass is 10.1. The van der Waals surface area contributed by atoms with Crippen LogP contribution in [0.25, 0.3) is 0 Å². The molecule has 86 valence electrons. The minimum Gasteiger partial charge on any atom is -0.507 e. The Morgan fingerprint density at radius 3 is 2.69 bits per heavy atom. The molecule has 16 heavy (non-hydrogen) atoms. The summed E-state index contributed by atoms with van der Waals surface area (Å²) in [4.78, 5) is 12.8. The van der Waals surface area contributed by atoms with Crippen LogP contribution in [0.3, 0.4) is 0 Å². The molecule has 2 N–H and O–H groups in total. The molecule has 1 aliphatic heterocycles. The van der Waals surface area contributed by atoms with E-state index < -0.39 is 0 Å². The Bertz CT molecular complexity index is 403. The molecule has 0 atom stereocenters. The first kappa shape index (κ1) is 11.4. The van der Waals surface area contributed by atoms with Crippen LogP contribution in [0.4, 0.5) is 5.69 Å². The number of halogens is 1. The highest BCUT2D eigenvalue weighted by Crippen LogP contribution is 2.32. The van der Waals surface area contributed by atoms with Gasteiger partial charge in [-0.15, -0.1) is 0 Å². The van der Waals surface area contributed by atoms with Crippen LogP contribution >= 0.6 is 15.9 Å². The molecule has 0 radical (unpaired) electrons. The Morgan fingerprint density at radius 2 is 2.06 bits per heavy atom. The third kappa shape index (κ3) is 2.20. The second-order valence-electron chi connectivity index (χ2n) is 3.72. The molecule has 1 heterocycles. The van der Waals surface area contributed by atoms with Crippen LogP contribution in [0.5, 0.6) is 5.75 Å². The predicted octanol–water partition coefficient (Wildman–Crippen LogP) is 1.38. The Balaban J connectivity index is 2.33. The van der Waals surface area contributed by atoms with Gasteiger partial charge in [-0.25, -0.2) is 0 Å². The fraction of sp³-hybridized carbons (Fsp3) is 0.364. The number of phenols is 1. The summed E-state index contributed by atoms with van der Waals surface area (Å²) < 4.78 is 0.842. The topological polar surface area (TPSA) is 52.6 Å². The zero-order valence-corrected chi connectivity index (χ0v) is 10.3. The first-order valence-electron chi connectivity index (χ1n) is 5.15. The van der Waals surface area contributed by atoms with E-state index in [0.29, 0.717) is 11.8 Å². The van der Waals surface area contributed by atoms with Crippen molar-refractivity contribution in [2.45, 2.75) is 0 Å². The molecule has 5 heteroatoms. The molecular formula is C11H13BrN2O2. The van der Waals surface area contributed by atoms with Gasteiger partial charge < -0.3 is 15.3 Å². The highest BCUT2D eigenvalue weighted by Gasteiger charge is 2.15. The monoisotopic (exact) mass is 284 g/mol. The van der Waals surface area contributed by atoms with Crippen molar-refractivity contribution < 1.29 is 9.90 Å². The number of aromatic hydroxyl groups is 1. The molecule has 0 aliphatic carbocycles. The van der Waals surface area contributed by atoms with Gasteiger partial charge in [0.05, 0.1) is 11.3 Å². The molecule has 0 saturated carbocycles. The second-order valence-corrected chi connectivity index (χ2v) is 4.57. The van der Waals surface area contributed by atoms with Crippen LogP contribution in [0.15, 0.2) is 16.6 Å². The first-order chi connectivity index (χ1) is 7.72. The lowest BCUT2D eigenvalue weighted by molar-refractivity contribution is 0.112. The van der Waals surface area contributed by atoms with E-state index in [0.717, 1.165) is 36.3 Å². The maximum Gasteiger partial charge on any atom is 0.153 e. The van der Waals surface area contributed by atoms with E-state index in [9.17, 15) is 9.90 Å². The number of carbonyl (C=O) groups excluding carboxylic acids is 1. The fourth-order valence-electron chi connectivity index (χ4n) is 1.81. The van der Waals surface area contributed by atoms with E-state index in [4.69, 9.17) is 0 Å². The van der Waals surface area contributed by atoms with Crippen molar-refractivity contribution in [3.63, 3.8) is 0 Å². The summed E-state index contributed by atoms with van der Waals surface area (Å²) in [7, 11) is 0. The highest BCUT2D eigenvalue weighted by molar-refractivity contribution is 9.10. The van der Waals surface area contributed by atoms with Crippen molar-refractivity contribution in [3.8, 4) is 5.75 Å². The number of nitrogens with zero attached hydrogens (tertiary/aromatic N) is 1. The number of aldehydes is 1. The van der Waals surface area contributed by atoms with Gasteiger partial charge in [-0.05, 0) is 22.0 Å². The Hall–Kier alpha value is -1.07. The SMILES string of the molecule is O=Cc1cc(Br)c(N2CCNCC2)cc1O. The second kappa shape index (κ2) is 4.84. The van der Waals surface area contributed by atoms with Crippen LogP contribution in [0.2, 0.25) is 0 Å². The Kier molecular flexibility index (Phi) is 3.46. The van der Waals surface area contributed by atoms with Crippen LogP contribution < -0.4 is 10.2 Å². The molecule has 0 aromatic heterocycles. The van der Waals surface area contributed by atoms with Gasteiger partial charge in [0.1, 0.15) is 5.75 Å². The molecule has 0 amide bonds. The van der Waals surface area contributed by atoms with Gasteiger partial charge in [-0.2, -0.15) is 0 Å². The standard InChI is InChI=1S/C11H13BrN2O2/c12-9-5-8(7-15)11(16)6-10(9)14-3-1-13-2-4-14/h5-7,13,16H,1-4H2. The lowest BCUT2D eigenvalue weighted by Gasteiger charge is -2.30. The summed E-state index contributed by atoms with van der Waals surface area (Å²) in [5, 5.41) is 12.9. The normalized spacial score (nSPS) is 16.2. The van der Waals surface area contributed by atoms with Crippen molar-refractivity contribution in [1.82, 2.24) is 5.32 Å². The number of hydrogen-bond donors (Lipinski definition) is 2. The van der Waals surface area contributed by atoms with Crippen molar-refractivity contribution in [1.29, 1.82) is 0 Å². The first-order valence-corrected chi connectivity index (χ1v) is 5.95. The minimum atomic E-state index is 0.0340. The number of piperazine rings is 1. The van der Waals surface area contributed by atoms with Gasteiger partial charge in [0.15, 0.2) is 6.29 Å². The van der Waals surface area contributed by atoms with E-state index in [1.807, 2.05) is 0 Å². The van der Waals surface area contributed by atoms with Gasteiger partial charge in [-0.1, -0.05) is 0 Å². The average Bonchev–Trinajstić information content (AvgIpc) is 2.32. The number of benzene rings is 1. The zero-order chi connectivity index (χ0) is 11.5. The largest absolute Gasteiger partial charge is 0.507 e. The van der Waals surface area contributed by atoms with Crippen molar-refractivity contribution >= 4 is 27.9 Å². The predicted molar refractivity (Wildman–Crippen MR) is 66.3 cm³/mol. The fourth-order valence-corrected chi connectivity index (χ4v) is 2.42. The van der Waals surface area contributed by atoms with E-state index in [-0.39, 0.29) is 5.75 Å². The molecular weight excluding hydrogens is 272 g/mol. The minimum absolute atomic E-state index is 0.0340. The van der Waals surface area contributed by atoms with Crippen LogP contribution in [0.1, 0.15) is 10.4 Å². The summed E-state index contributed by atoms with van der Waals surface area (Å²) in [5.41, 5.74) is 1.25. The van der Waals surface area contributed by atoms with Gasteiger partial charge in [0.25, 0.3) is 0 Å². The molecule has 1 saturated heterocycles. The number of rotatable bonds is 2. The number of hydrogen-bond acceptors (Lipinski definition) is 4. The van der Waals surface area contributed by atoms with Crippen molar-refractivity contribution in [2.75, 3.05) is 31.1 Å². The number of carbonyl (C=O) groups is 1. The van der Waals surface area contributed by atoms with Crippen LogP contribution in [-0.4, -0.2) is 37.6 Å². The summed E-state index contributed by atoms with van der Waals surface area (Å²) in [6.45, 7) is 3.67. The Labute approximate surface area is 102 Å². The zero-order valence-electron chi connectivity index (χ0n) is 8.74. The molecule has 1 aliphatic rings. The van der Waals surface area contributed by atoms with E-state index in [1.54, 1.807) is 12.1 Å². The Morgan fingerprint density at radius 1 is 1.38 bits per heavy atom. The lowest BCUT2D eigenvalue weighted by Crippen LogP contribution is -2.43. The van der Waals surface area contributed by atoms with Crippen molar-refractivity contribution in [3.05, 3.63) is 22.2 Å². The summed E-state index contributed by atoms with van der Waals surface area (Å²) in [5.74, 6) is 0.0340. The number of phenolic OH excluding ortho intramolecular Hbond substituents is 1. The molecule has 0 spiro atoms. The molecule has 2 rings (SSSR count). The van der Waals surface area contributed by atoms with Crippen molar-refractivity contribution in [2.24, 2.45) is 0 Å². The smallest absolute Gasteiger partial charge is 0.153 e. The third-order valence-electron chi connectivity index (χ3n) is 2.68. The van der Waals surface area contributed by atoms with Gasteiger partial charge in [0, 0.05) is 36.7 Å². The quantitative estimate of drug-likeness (QED) is 0.806. The van der Waals surface area contributed by atoms with Crippen LogP contribution in [-0.2, 0) is 0 Å². The average molecular weight is 285 g/mol. The maximum atomic E-state index is 10.7. The molecule has 1 aromatic carbocycles. The molecule has 0 unspecified atom stereocenters. The van der Waals surface area contributed by atoms with E-state index >= 15 is 0 Å². The van der Waals surface area contributed by atoms with E-state index in [1.165, 1.54) is 0 Å². The molecule has 0 bridgehead atoms. The summed E-state index contributed by atoms with van der Waals surface area (Å²) in [6.07, 6.45) is 0.654. The molecule has 4 nitrogen and oxygen atoms in total. The highest BCUT2D eigenvalue weighted by atomic mass is 79.9. The summed E-state index contributed by atoms with van der Waals surface area (Å²) >= 11 is 3.43. The summed E-state index contributed by atoms with van der Waals surface area (Å²) in [6, 6.07) is 3.29. The number of anilines is 1. The van der Waals surface area contributed by atoms with Gasteiger partial charge >= 0.3 is 0 Å². The van der Waals surface area contributed by atoms with Gasteiger partial charge in [-0.3, -0.25) is 4.79 Å². The van der Waals surface area contributed by atoms with Crippen LogP contribution in [0, 0.1) is 0 Å². The van der Waals surface area contributed by atoms with Gasteiger partial charge in [0.2, 0.25) is 0 Å². The number of nitrogens with one attached hydrogen (secondary N) is 1. The maximum absolute atomic E-state index is 10.7. The molecule has 1 aromatic rings. The van der Waals surface area contributed by atoms with E-state index in [2.05, 4.69) is 26.1 Å².